The van der Waals surface area contributed by atoms with Gasteiger partial charge in [-0.2, -0.15) is 0 Å². The third-order valence-corrected chi connectivity index (χ3v) is 4.76. The highest BCUT2D eigenvalue weighted by Gasteiger charge is 2.29. The summed E-state index contributed by atoms with van der Waals surface area (Å²) in [6.45, 7) is 2.69. The maximum absolute atomic E-state index is 13.2. The Hall–Kier alpha value is -1.78. The predicted octanol–water partition coefficient (Wildman–Crippen LogP) is 4.37. The molecule has 2 aromatic rings. The average Bonchev–Trinajstić information content (AvgIpc) is 2.61. The van der Waals surface area contributed by atoms with Crippen molar-refractivity contribution in [1.29, 1.82) is 0 Å². The third-order valence-electron chi connectivity index (χ3n) is 4.76. The molecule has 3 nitrogen and oxygen atoms in total. The monoisotopic (exact) mass is 365 g/mol. The highest BCUT2D eigenvalue weighted by molar-refractivity contribution is 5.85. The number of halogens is 2. The first-order chi connectivity index (χ1) is 11.7. The molecular formula is C20H25ClFNO2. The minimum Gasteiger partial charge on any atom is -0.497 e. The number of methoxy groups -OCH3 is 1. The van der Waals surface area contributed by atoms with Gasteiger partial charge < -0.3 is 14.4 Å². The maximum atomic E-state index is 13.2. The van der Waals surface area contributed by atoms with Crippen LogP contribution in [-0.4, -0.2) is 38.8 Å². The number of piperidine rings is 1. The zero-order valence-electron chi connectivity index (χ0n) is 14.7. The quantitative estimate of drug-likeness (QED) is 0.785. The van der Waals surface area contributed by atoms with Crippen molar-refractivity contribution < 1.29 is 13.9 Å². The van der Waals surface area contributed by atoms with E-state index >= 15 is 0 Å². The molecule has 0 N–H and O–H groups in total. The van der Waals surface area contributed by atoms with E-state index < -0.39 is 0 Å². The van der Waals surface area contributed by atoms with E-state index in [4.69, 9.17) is 9.47 Å². The van der Waals surface area contributed by atoms with Gasteiger partial charge in [-0.15, -0.1) is 12.4 Å². The fourth-order valence-electron chi connectivity index (χ4n) is 3.41. The first kappa shape index (κ1) is 19.5. The molecule has 0 saturated carbocycles. The van der Waals surface area contributed by atoms with Crippen LogP contribution in [0.2, 0.25) is 0 Å². The molecule has 136 valence electrons. The predicted molar refractivity (Wildman–Crippen MR) is 100 cm³/mol. The van der Waals surface area contributed by atoms with Crippen LogP contribution in [0.1, 0.15) is 17.9 Å². The Morgan fingerprint density at radius 1 is 1.04 bits per heavy atom. The number of rotatable bonds is 5. The number of benzene rings is 2. The van der Waals surface area contributed by atoms with Gasteiger partial charge in [0.05, 0.1) is 13.7 Å². The van der Waals surface area contributed by atoms with Gasteiger partial charge in [0.2, 0.25) is 0 Å². The molecule has 0 spiro atoms. The zero-order chi connectivity index (χ0) is 16.9. The summed E-state index contributed by atoms with van der Waals surface area (Å²) in [5.41, 5.74) is 1.20. The Morgan fingerprint density at radius 3 is 2.32 bits per heavy atom. The van der Waals surface area contributed by atoms with E-state index in [9.17, 15) is 4.39 Å². The van der Waals surface area contributed by atoms with Gasteiger partial charge in [-0.05, 0) is 67.9 Å². The first-order valence-corrected chi connectivity index (χ1v) is 8.36. The van der Waals surface area contributed by atoms with Crippen LogP contribution in [0.15, 0.2) is 48.5 Å². The number of likely N-dealkylation sites (tertiary alicyclic amines) is 1. The zero-order valence-corrected chi connectivity index (χ0v) is 15.5. The topological polar surface area (TPSA) is 21.7 Å². The van der Waals surface area contributed by atoms with Crippen molar-refractivity contribution in [2.24, 2.45) is 5.92 Å². The molecule has 5 heteroatoms. The Labute approximate surface area is 155 Å². The molecule has 0 bridgehead atoms. The van der Waals surface area contributed by atoms with Crippen molar-refractivity contribution in [3.8, 4) is 11.5 Å². The van der Waals surface area contributed by atoms with Crippen LogP contribution < -0.4 is 9.47 Å². The summed E-state index contributed by atoms with van der Waals surface area (Å²) in [5.74, 6) is 2.28. The van der Waals surface area contributed by atoms with Gasteiger partial charge in [0.1, 0.15) is 17.3 Å². The molecule has 3 rings (SSSR count). The van der Waals surface area contributed by atoms with Crippen LogP contribution >= 0.6 is 12.4 Å². The van der Waals surface area contributed by atoms with Crippen LogP contribution in [0.25, 0.3) is 0 Å². The fourth-order valence-corrected chi connectivity index (χ4v) is 3.41. The highest BCUT2D eigenvalue weighted by atomic mass is 35.5. The van der Waals surface area contributed by atoms with Crippen LogP contribution in [0.4, 0.5) is 4.39 Å². The Morgan fingerprint density at radius 2 is 1.68 bits per heavy atom. The second-order valence-corrected chi connectivity index (χ2v) is 6.46. The summed E-state index contributed by atoms with van der Waals surface area (Å²) in [5, 5.41) is 0. The number of nitrogens with zero attached hydrogens (tertiary/aromatic N) is 1. The molecule has 1 saturated heterocycles. The number of hydrogen-bond acceptors (Lipinski definition) is 3. The molecular weight excluding hydrogens is 341 g/mol. The first-order valence-electron chi connectivity index (χ1n) is 8.36. The van der Waals surface area contributed by atoms with Crippen molar-refractivity contribution >= 4 is 12.4 Å². The van der Waals surface area contributed by atoms with Crippen molar-refractivity contribution in [2.75, 3.05) is 33.9 Å². The van der Waals surface area contributed by atoms with Gasteiger partial charge in [0.25, 0.3) is 0 Å². The Balaban J connectivity index is 0.00000225. The van der Waals surface area contributed by atoms with E-state index in [1.807, 2.05) is 36.4 Å². The van der Waals surface area contributed by atoms with E-state index in [2.05, 4.69) is 11.9 Å². The maximum Gasteiger partial charge on any atom is 0.123 e. The van der Waals surface area contributed by atoms with Gasteiger partial charge in [0, 0.05) is 12.5 Å². The van der Waals surface area contributed by atoms with Crippen LogP contribution in [0.5, 0.6) is 11.5 Å². The summed E-state index contributed by atoms with van der Waals surface area (Å²) in [7, 11) is 3.79. The Kier molecular flexibility index (Phi) is 7.09. The van der Waals surface area contributed by atoms with Crippen LogP contribution in [0, 0.1) is 11.7 Å². The van der Waals surface area contributed by atoms with E-state index in [1.54, 1.807) is 19.2 Å². The van der Waals surface area contributed by atoms with Gasteiger partial charge in [-0.1, -0.05) is 12.1 Å². The standard InChI is InChI=1S/C20H24FNO2.ClH/c1-22-12-11-20(15-3-5-17(21)6-4-15)16(13-22)14-24-19-9-7-18(23-2)8-10-19;/h3-10,16,20H,11-14H2,1-2H3;1H/t16-,20-;/m0./s1. The molecule has 0 aliphatic carbocycles. The van der Waals surface area contributed by atoms with Crippen molar-refractivity contribution in [3.63, 3.8) is 0 Å². The van der Waals surface area contributed by atoms with Crippen molar-refractivity contribution in [3.05, 3.63) is 59.9 Å². The van der Waals surface area contributed by atoms with Gasteiger partial charge in [0.15, 0.2) is 0 Å². The molecule has 0 unspecified atom stereocenters. The molecule has 0 aromatic heterocycles. The SMILES string of the molecule is COc1ccc(OC[C@@H]2CN(C)CC[C@H]2c2ccc(F)cc2)cc1.Cl. The molecule has 1 aliphatic rings. The lowest BCUT2D eigenvalue weighted by Crippen LogP contribution is -2.39. The molecule has 2 aromatic carbocycles. The van der Waals surface area contributed by atoms with Crippen LogP contribution in [0.3, 0.4) is 0 Å². The molecule has 0 amide bonds. The molecule has 2 atom stereocenters. The summed E-state index contributed by atoms with van der Waals surface area (Å²) < 4.78 is 24.4. The smallest absolute Gasteiger partial charge is 0.123 e. The molecule has 1 fully saturated rings. The van der Waals surface area contributed by atoms with E-state index in [0.29, 0.717) is 18.4 Å². The third kappa shape index (κ3) is 5.10. The fraction of sp³-hybridized carbons (Fsp3) is 0.400. The molecule has 1 heterocycles. The van der Waals surface area contributed by atoms with Crippen LogP contribution in [-0.2, 0) is 0 Å². The lowest BCUT2D eigenvalue weighted by molar-refractivity contribution is 0.129. The largest absolute Gasteiger partial charge is 0.497 e. The summed E-state index contributed by atoms with van der Waals surface area (Å²) in [6.07, 6.45) is 1.07. The second kappa shape index (κ2) is 9.07. The van der Waals surface area contributed by atoms with E-state index in [0.717, 1.165) is 31.0 Å². The summed E-state index contributed by atoms with van der Waals surface area (Å²) in [4.78, 5) is 2.34. The minimum absolute atomic E-state index is 0. The minimum atomic E-state index is -0.183. The van der Waals surface area contributed by atoms with E-state index in [1.165, 1.54) is 5.56 Å². The summed E-state index contributed by atoms with van der Waals surface area (Å²) >= 11 is 0. The van der Waals surface area contributed by atoms with Gasteiger partial charge in [-0.25, -0.2) is 4.39 Å². The second-order valence-electron chi connectivity index (χ2n) is 6.46. The molecule has 25 heavy (non-hydrogen) atoms. The number of hydrogen-bond donors (Lipinski definition) is 0. The Bertz CT molecular complexity index is 648. The van der Waals surface area contributed by atoms with Crippen molar-refractivity contribution in [1.82, 2.24) is 4.90 Å². The average molecular weight is 366 g/mol. The van der Waals surface area contributed by atoms with Crippen molar-refractivity contribution in [2.45, 2.75) is 12.3 Å². The molecule has 1 aliphatic heterocycles. The van der Waals surface area contributed by atoms with Gasteiger partial charge in [-0.3, -0.25) is 0 Å². The molecule has 0 radical (unpaired) electrons. The highest BCUT2D eigenvalue weighted by Crippen LogP contribution is 2.33. The summed E-state index contributed by atoms with van der Waals surface area (Å²) in [6, 6.07) is 14.6. The van der Waals surface area contributed by atoms with E-state index in [-0.39, 0.29) is 18.2 Å². The lowest BCUT2D eigenvalue weighted by atomic mass is 9.81. The van der Waals surface area contributed by atoms with Gasteiger partial charge >= 0.3 is 0 Å². The number of ether oxygens (including phenoxy) is 2. The normalized spacial score (nSPS) is 20.6. The lowest BCUT2D eigenvalue weighted by Gasteiger charge is -2.37.